The standard InChI is InChI=1S/C13H13FN2O3S/c1-3-5-20-6-4-15-13(17)11-8-10(16(18)19)7-9(2)12(11)14/h1,7-8H,4-6H2,2H3,(H,15,17). The molecule has 0 bridgehead atoms. The van der Waals surface area contributed by atoms with Crippen molar-refractivity contribution in [3.63, 3.8) is 0 Å². The van der Waals surface area contributed by atoms with Gasteiger partial charge < -0.3 is 5.32 Å². The lowest BCUT2D eigenvalue weighted by molar-refractivity contribution is -0.385. The zero-order valence-electron chi connectivity index (χ0n) is 10.8. The minimum Gasteiger partial charge on any atom is -0.351 e. The van der Waals surface area contributed by atoms with Gasteiger partial charge in [-0.05, 0) is 12.5 Å². The van der Waals surface area contributed by atoms with Crippen molar-refractivity contribution in [2.45, 2.75) is 6.92 Å². The van der Waals surface area contributed by atoms with Gasteiger partial charge in [-0.3, -0.25) is 14.9 Å². The van der Waals surface area contributed by atoms with Gasteiger partial charge in [-0.1, -0.05) is 5.92 Å². The molecule has 0 saturated heterocycles. The molecule has 0 aliphatic heterocycles. The first-order valence-electron chi connectivity index (χ1n) is 5.71. The molecule has 0 radical (unpaired) electrons. The first-order valence-corrected chi connectivity index (χ1v) is 6.86. The van der Waals surface area contributed by atoms with Gasteiger partial charge in [-0.25, -0.2) is 4.39 Å². The second kappa shape index (κ2) is 7.50. The fourth-order valence-corrected chi connectivity index (χ4v) is 1.99. The highest BCUT2D eigenvalue weighted by Gasteiger charge is 2.19. The second-order valence-electron chi connectivity index (χ2n) is 3.89. The van der Waals surface area contributed by atoms with Crippen LogP contribution < -0.4 is 5.32 Å². The number of hydrogen-bond acceptors (Lipinski definition) is 4. The quantitative estimate of drug-likeness (QED) is 0.378. The van der Waals surface area contributed by atoms with Gasteiger partial charge in [0.1, 0.15) is 5.82 Å². The summed E-state index contributed by atoms with van der Waals surface area (Å²) in [4.78, 5) is 21.8. The number of nitrogens with one attached hydrogen (secondary N) is 1. The molecule has 0 heterocycles. The smallest absolute Gasteiger partial charge is 0.270 e. The Morgan fingerprint density at radius 2 is 2.30 bits per heavy atom. The number of nitro groups is 1. The van der Waals surface area contributed by atoms with Gasteiger partial charge in [0.15, 0.2) is 0 Å². The summed E-state index contributed by atoms with van der Waals surface area (Å²) in [7, 11) is 0. The van der Waals surface area contributed by atoms with Gasteiger partial charge in [0.05, 0.1) is 16.2 Å². The average molecular weight is 296 g/mol. The van der Waals surface area contributed by atoms with Crippen molar-refractivity contribution >= 4 is 23.4 Å². The Morgan fingerprint density at radius 3 is 2.90 bits per heavy atom. The van der Waals surface area contributed by atoms with Crippen LogP contribution in [0.4, 0.5) is 10.1 Å². The van der Waals surface area contributed by atoms with Crippen LogP contribution in [0, 0.1) is 35.2 Å². The zero-order valence-corrected chi connectivity index (χ0v) is 11.6. The highest BCUT2D eigenvalue weighted by atomic mass is 32.2. The number of amides is 1. The fourth-order valence-electron chi connectivity index (χ4n) is 1.48. The number of non-ortho nitro benzene ring substituents is 1. The Morgan fingerprint density at radius 1 is 1.60 bits per heavy atom. The summed E-state index contributed by atoms with van der Waals surface area (Å²) in [5.74, 6) is 2.14. The molecule has 7 heteroatoms. The van der Waals surface area contributed by atoms with E-state index >= 15 is 0 Å². The van der Waals surface area contributed by atoms with Gasteiger partial charge >= 0.3 is 0 Å². The lowest BCUT2D eigenvalue weighted by atomic mass is 10.1. The summed E-state index contributed by atoms with van der Waals surface area (Å²) in [5.41, 5.74) is -0.569. The maximum atomic E-state index is 13.8. The van der Waals surface area contributed by atoms with Crippen molar-refractivity contribution < 1.29 is 14.1 Å². The normalized spacial score (nSPS) is 9.85. The molecule has 0 unspecified atom stereocenters. The number of carbonyl (C=O) groups excluding carboxylic acids is 1. The van der Waals surface area contributed by atoms with E-state index in [9.17, 15) is 19.3 Å². The number of nitro benzene ring substituents is 1. The topological polar surface area (TPSA) is 72.2 Å². The molecular weight excluding hydrogens is 283 g/mol. The first kappa shape index (κ1) is 16.0. The van der Waals surface area contributed by atoms with Crippen LogP contribution in [0.2, 0.25) is 0 Å². The second-order valence-corrected chi connectivity index (χ2v) is 5.00. The summed E-state index contributed by atoms with van der Waals surface area (Å²) < 4.78 is 13.8. The minimum atomic E-state index is -0.746. The molecule has 1 aromatic rings. The molecule has 5 nitrogen and oxygen atoms in total. The monoisotopic (exact) mass is 296 g/mol. The summed E-state index contributed by atoms with van der Waals surface area (Å²) >= 11 is 1.45. The van der Waals surface area contributed by atoms with E-state index in [1.807, 2.05) is 0 Å². The average Bonchev–Trinajstić information content (AvgIpc) is 2.41. The number of terminal acetylenes is 1. The van der Waals surface area contributed by atoms with E-state index in [4.69, 9.17) is 6.42 Å². The molecule has 1 rings (SSSR count). The van der Waals surface area contributed by atoms with Gasteiger partial charge in [0.2, 0.25) is 0 Å². The predicted molar refractivity (Wildman–Crippen MR) is 76.3 cm³/mol. The lowest BCUT2D eigenvalue weighted by Gasteiger charge is -2.07. The molecular formula is C13H13FN2O3S. The number of aryl methyl sites for hydroxylation is 1. The summed E-state index contributed by atoms with van der Waals surface area (Å²) in [6, 6.07) is 2.03. The summed E-state index contributed by atoms with van der Waals surface area (Å²) in [6.45, 7) is 1.69. The maximum absolute atomic E-state index is 13.8. The van der Waals surface area contributed by atoms with Crippen LogP contribution in [0.5, 0.6) is 0 Å². The van der Waals surface area contributed by atoms with Gasteiger partial charge in [-0.15, -0.1) is 18.2 Å². The third kappa shape index (κ3) is 4.24. The molecule has 0 aliphatic rings. The van der Waals surface area contributed by atoms with Gasteiger partial charge in [-0.2, -0.15) is 0 Å². The third-order valence-electron chi connectivity index (χ3n) is 2.41. The number of thioether (sulfide) groups is 1. The Bertz CT molecular complexity index is 569. The molecule has 1 N–H and O–H groups in total. The van der Waals surface area contributed by atoms with Crippen molar-refractivity contribution in [3.05, 3.63) is 39.2 Å². The van der Waals surface area contributed by atoms with Crippen molar-refractivity contribution in [1.29, 1.82) is 0 Å². The molecule has 20 heavy (non-hydrogen) atoms. The van der Waals surface area contributed by atoms with Crippen molar-refractivity contribution in [2.24, 2.45) is 0 Å². The number of halogens is 1. The largest absolute Gasteiger partial charge is 0.351 e. The molecule has 0 fully saturated rings. The van der Waals surface area contributed by atoms with Gasteiger partial charge in [0, 0.05) is 24.4 Å². The van der Waals surface area contributed by atoms with Crippen LogP contribution in [0.25, 0.3) is 0 Å². The molecule has 0 aromatic heterocycles. The van der Waals surface area contributed by atoms with Crippen LogP contribution >= 0.6 is 11.8 Å². The molecule has 1 aromatic carbocycles. The Kier molecular flexibility index (Phi) is 6.00. The van der Waals surface area contributed by atoms with E-state index in [1.54, 1.807) is 0 Å². The molecule has 0 aliphatic carbocycles. The Balaban J connectivity index is 2.77. The highest BCUT2D eigenvalue weighted by Crippen LogP contribution is 2.20. The van der Waals surface area contributed by atoms with Crippen LogP contribution in [-0.4, -0.2) is 28.9 Å². The maximum Gasteiger partial charge on any atom is 0.270 e. The van der Waals surface area contributed by atoms with Crippen LogP contribution in [0.1, 0.15) is 15.9 Å². The Hall–Kier alpha value is -2.07. The third-order valence-corrected chi connectivity index (χ3v) is 3.28. The number of nitrogens with zero attached hydrogens (tertiary/aromatic N) is 1. The van der Waals surface area contributed by atoms with E-state index < -0.39 is 16.6 Å². The van der Waals surface area contributed by atoms with Crippen LogP contribution in [0.15, 0.2) is 12.1 Å². The highest BCUT2D eigenvalue weighted by molar-refractivity contribution is 7.99. The zero-order chi connectivity index (χ0) is 15.1. The van der Waals surface area contributed by atoms with Crippen LogP contribution in [-0.2, 0) is 0 Å². The van der Waals surface area contributed by atoms with Crippen molar-refractivity contribution in [2.75, 3.05) is 18.1 Å². The van der Waals surface area contributed by atoms with E-state index in [2.05, 4.69) is 11.2 Å². The molecule has 0 atom stereocenters. The first-order chi connectivity index (χ1) is 9.47. The SMILES string of the molecule is C#CCSCCNC(=O)c1cc([N+](=O)[O-])cc(C)c1F. The minimum absolute atomic E-state index is 0.0612. The summed E-state index contributed by atoms with van der Waals surface area (Å²) in [5, 5.41) is 13.2. The van der Waals surface area contributed by atoms with Crippen molar-refractivity contribution in [3.8, 4) is 12.3 Å². The number of hydrogen-bond donors (Lipinski definition) is 1. The molecule has 106 valence electrons. The molecule has 0 spiro atoms. The van der Waals surface area contributed by atoms with E-state index in [0.717, 1.165) is 12.1 Å². The number of rotatable bonds is 6. The van der Waals surface area contributed by atoms with Crippen molar-refractivity contribution in [1.82, 2.24) is 5.32 Å². The number of carbonyl (C=O) groups is 1. The lowest BCUT2D eigenvalue weighted by Crippen LogP contribution is -2.27. The molecule has 1 amide bonds. The van der Waals surface area contributed by atoms with Gasteiger partial charge in [0.25, 0.3) is 11.6 Å². The predicted octanol–water partition coefficient (Wildman–Crippen LogP) is 2.14. The van der Waals surface area contributed by atoms with E-state index in [0.29, 0.717) is 18.1 Å². The van der Waals surface area contributed by atoms with E-state index in [1.165, 1.54) is 18.7 Å². The fraction of sp³-hybridized carbons (Fsp3) is 0.308. The van der Waals surface area contributed by atoms with E-state index in [-0.39, 0.29) is 16.8 Å². The van der Waals surface area contributed by atoms with Crippen LogP contribution in [0.3, 0.4) is 0 Å². The number of benzene rings is 1. The summed E-state index contributed by atoms with van der Waals surface area (Å²) in [6.07, 6.45) is 5.07. The molecule has 0 saturated carbocycles. The Labute approximate surface area is 120 Å².